The summed E-state index contributed by atoms with van der Waals surface area (Å²) in [5.41, 5.74) is 4.13. The lowest BCUT2D eigenvalue weighted by Crippen LogP contribution is -2.38. The maximum atomic E-state index is 13.0. The van der Waals surface area contributed by atoms with E-state index in [9.17, 15) is 9.59 Å². The Bertz CT molecular complexity index is 1460. The van der Waals surface area contributed by atoms with Crippen LogP contribution in [0.3, 0.4) is 0 Å². The van der Waals surface area contributed by atoms with Crippen LogP contribution in [0, 0.1) is 12.8 Å². The maximum Gasteiger partial charge on any atom is 0.416 e. The van der Waals surface area contributed by atoms with E-state index in [0.29, 0.717) is 29.2 Å². The van der Waals surface area contributed by atoms with E-state index in [-0.39, 0.29) is 19.7 Å². The number of carbonyl (C=O) groups is 2. The third-order valence-corrected chi connectivity index (χ3v) is 7.22. The number of aryl methyl sites for hydroxylation is 1. The molecule has 1 saturated carbocycles. The van der Waals surface area contributed by atoms with Crippen molar-refractivity contribution in [3.8, 4) is 23.0 Å². The van der Waals surface area contributed by atoms with E-state index in [4.69, 9.17) is 23.6 Å². The molecule has 0 saturated heterocycles. The quantitative estimate of drug-likeness (QED) is 0.194. The van der Waals surface area contributed by atoms with Crippen molar-refractivity contribution in [3.05, 3.63) is 101 Å². The number of carbonyl (C=O) groups excluding carboxylic acids is 2. The Morgan fingerprint density at radius 3 is 2.37 bits per heavy atom. The predicted molar refractivity (Wildman–Crippen MR) is 154 cm³/mol. The van der Waals surface area contributed by atoms with Gasteiger partial charge in [0, 0.05) is 12.1 Å². The first-order chi connectivity index (χ1) is 19.9. The fourth-order valence-electron chi connectivity index (χ4n) is 4.90. The molecule has 5 rings (SSSR count). The van der Waals surface area contributed by atoms with Crippen molar-refractivity contribution in [1.82, 2.24) is 9.88 Å². The third kappa shape index (κ3) is 7.14. The monoisotopic (exact) mass is 554 g/mol. The van der Waals surface area contributed by atoms with Crippen LogP contribution in [-0.4, -0.2) is 42.2 Å². The van der Waals surface area contributed by atoms with Crippen molar-refractivity contribution in [3.63, 3.8) is 0 Å². The molecule has 0 spiro atoms. The SMILES string of the molecule is CCOC(=O)CN(Cc1ccc(C2CC2Cc2nc(-c3ccccc3)oc2C)cc1)C(=O)Oc1ccc(OC)cc1. The van der Waals surface area contributed by atoms with E-state index in [1.54, 1.807) is 38.3 Å². The van der Waals surface area contributed by atoms with Gasteiger partial charge in [-0.2, -0.15) is 0 Å². The van der Waals surface area contributed by atoms with Crippen LogP contribution in [0.2, 0.25) is 0 Å². The van der Waals surface area contributed by atoms with Gasteiger partial charge in [0.2, 0.25) is 5.89 Å². The molecule has 1 aliphatic rings. The molecule has 8 nitrogen and oxygen atoms in total. The lowest BCUT2D eigenvalue weighted by Gasteiger charge is -2.21. The zero-order valence-electron chi connectivity index (χ0n) is 23.5. The fraction of sp³-hybridized carbons (Fsp3) is 0.303. The summed E-state index contributed by atoms with van der Waals surface area (Å²) in [7, 11) is 1.57. The number of methoxy groups -OCH3 is 1. The smallest absolute Gasteiger partial charge is 0.416 e. The number of benzene rings is 3. The van der Waals surface area contributed by atoms with E-state index < -0.39 is 12.1 Å². The van der Waals surface area contributed by atoms with E-state index in [0.717, 1.165) is 35.4 Å². The minimum absolute atomic E-state index is 0.211. The standard InChI is InChI=1S/C33H34N2O6/c1-4-39-31(36)21-35(33(37)41-28-16-14-27(38-3)15-17-28)20-23-10-12-24(13-11-23)29-18-26(29)19-30-22(2)40-32(34-30)25-8-6-5-7-9-25/h5-17,26,29H,4,18-21H2,1-3H3. The van der Waals surface area contributed by atoms with E-state index in [1.165, 1.54) is 10.5 Å². The molecule has 8 heteroatoms. The van der Waals surface area contributed by atoms with Gasteiger partial charge in [0.1, 0.15) is 23.8 Å². The van der Waals surface area contributed by atoms with Crippen LogP contribution in [0.15, 0.2) is 83.3 Å². The van der Waals surface area contributed by atoms with Crippen LogP contribution in [-0.2, 0) is 22.5 Å². The minimum atomic E-state index is -0.632. The average Bonchev–Trinajstić information content (AvgIpc) is 3.66. The van der Waals surface area contributed by atoms with Gasteiger partial charge in [-0.25, -0.2) is 9.78 Å². The summed E-state index contributed by atoms with van der Waals surface area (Å²) in [5.74, 6) is 3.02. The summed E-state index contributed by atoms with van der Waals surface area (Å²) in [4.78, 5) is 31.3. The van der Waals surface area contributed by atoms with E-state index in [2.05, 4.69) is 12.1 Å². The first-order valence-electron chi connectivity index (χ1n) is 13.8. The Kier molecular flexibility index (Phi) is 8.67. The van der Waals surface area contributed by atoms with Gasteiger partial charge in [-0.3, -0.25) is 9.69 Å². The maximum absolute atomic E-state index is 13.0. The lowest BCUT2D eigenvalue weighted by atomic mass is 10.0. The molecule has 1 fully saturated rings. The molecule has 212 valence electrons. The number of amides is 1. The van der Waals surface area contributed by atoms with Gasteiger partial charge in [-0.05, 0) is 86.1 Å². The van der Waals surface area contributed by atoms with Crippen molar-refractivity contribution in [2.24, 2.45) is 5.92 Å². The minimum Gasteiger partial charge on any atom is -0.497 e. The Balaban J connectivity index is 1.20. The number of hydrogen-bond acceptors (Lipinski definition) is 7. The largest absolute Gasteiger partial charge is 0.497 e. The van der Waals surface area contributed by atoms with Crippen molar-refractivity contribution in [2.45, 2.75) is 39.2 Å². The van der Waals surface area contributed by atoms with Crippen LogP contribution >= 0.6 is 0 Å². The molecule has 1 amide bonds. The Morgan fingerprint density at radius 2 is 1.68 bits per heavy atom. The van der Waals surface area contributed by atoms with Crippen molar-refractivity contribution >= 4 is 12.1 Å². The zero-order valence-corrected chi connectivity index (χ0v) is 23.5. The van der Waals surface area contributed by atoms with Crippen LogP contribution in [0.1, 0.15) is 41.8 Å². The number of ether oxygens (including phenoxy) is 3. The zero-order chi connectivity index (χ0) is 28.8. The average molecular weight is 555 g/mol. The molecule has 1 aromatic heterocycles. The predicted octanol–water partition coefficient (Wildman–Crippen LogP) is 6.57. The summed E-state index contributed by atoms with van der Waals surface area (Å²) in [6.07, 6.45) is 1.33. The topological polar surface area (TPSA) is 91.1 Å². The Hall–Kier alpha value is -4.59. The molecule has 41 heavy (non-hydrogen) atoms. The number of nitrogens with zero attached hydrogens (tertiary/aromatic N) is 2. The highest BCUT2D eigenvalue weighted by Gasteiger charge is 2.39. The second-order valence-corrected chi connectivity index (χ2v) is 10.1. The highest BCUT2D eigenvalue weighted by atomic mass is 16.6. The Morgan fingerprint density at radius 1 is 0.976 bits per heavy atom. The second kappa shape index (κ2) is 12.7. The normalized spacial score (nSPS) is 15.7. The molecule has 4 aromatic rings. The molecule has 1 heterocycles. The Labute approximate surface area is 239 Å². The molecular formula is C33H34N2O6. The molecule has 3 aromatic carbocycles. The molecule has 2 unspecified atom stereocenters. The van der Waals surface area contributed by atoms with E-state index in [1.807, 2.05) is 49.4 Å². The van der Waals surface area contributed by atoms with Gasteiger partial charge in [0.15, 0.2) is 0 Å². The van der Waals surface area contributed by atoms with E-state index >= 15 is 0 Å². The summed E-state index contributed by atoms with van der Waals surface area (Å²) < 4.78 is 21.7. The van der Waals surface area contributed by atoms with Crippen LogP contribution in [0.5, 0.6) is 11.5 Å². The molecule has 0 N–H and O–H groups in total. The number of hydrogen-bond donors (Lipinski definition) is 0. The lowest BCUT2D eigenvalue weighted by molar-refractivity contribution is -0.144. The number of esters is 1. The van der Waals surface area contributed by atoms with Gasteiger partial charge in [0.25, 0.3) is 0 Å². The highest BCUT2D eigenvalue weighted by Crippen LogP contribution is 2.49. The number of aromatic nitrogens is 1. The van der Waals surface area contributed by atoms with Gasteiger partial charge in [-0.1, -0.05) is 42.5 Å². The van der Waals surface area contributed by atoms with Crippen molar-refractivity contribution < 1.29 is 28.2 Å². The van der Waals surface area contributed by atoms with Gasteiger partial charge in [0.05, 0.1) is 19.4 Å². The molecule has 0 radical (unpaired) electrons. The molecule has 2 atom stereocenters. The van der Waals surface area contributed by atoms with Crippen LogP contribution < -0.4 is 9.47 Å². The molecule has 0 bridgehead atoms. The molecule has 0 aliphatic heterocycles. The van der Waals surface area contributed by atoms with Crippen LogP contribution in [0.4, 0.5) is 4.79 Å². The highest BCUT2D eigenvalue weighted by molar-refractivity contribution is 5.79. The van der Waals surface area contributed by atoms with Gasteiger partial charge >= 0.3 is 12.1 Å². The number of oxazole rings is 1. The summed E-state index contributed by atoms with van der Waals surface area (Å²) in [6, 6.07) is 24.8. The molecule has 1 aliphatic carbocycles. The van der Waals surface area contributed by atoms with Crippen LogP contribution in [0.25, 0.3) is 11.5 Å². The summed E-state index contributed by atoms with van der Waals surface area (Å²) >= 11 is 0. The first-order valence-corrected chi connectivity index (χ1v) is 13.8. The first kappa shape index (κ1) is 28.0. The van der Waals surface area contributed by atoms with Crippen molar-refractivity contribution in [2.75, 3.05) is 20.3 Å². The third-order valence-electron chi connectivity index (χ3n) is 7.22. The fourth-order valence-corrected chi connectivity index (χ4v) is 4.90. The molecular weight excluding hydrogens is 520 g/mol. The van der Waals surface area contributed by atoms with Gasteiger partial charge < -0.3 is 18.6 Å². The van der Waals surface area contributed by atoms with Crippen molar-refractivity contribution in [1.29, 1.82) is 0 Å². The number of rotatable bonds is 11. The van der Waals surface area contributed by atoms with Gasteiger partial charge in [-0.15, -0.1) is 0 Å². The summed E-state index contributed by atoms with van der Waals surface area (Å²) in [6.45, 7) is 3.94. The summed E-state index contributed by atoms with van der Waals surface area (Å²) in [5, 5.41) is 0. The second-order valence-electron chi connectivity index (χ2n) is 10.1.